The number of carbonyl (C=O) groups is 2. The van der Waals surface area contributed by atoms with Gasteiger partial charge in [0.15, 0.2) is 9.84 Å². The highest BCUT2D eigenvalue weighted by Crippen LogP contribution is 2.20. The SMILES string of the molecule is CCS(=O)(=O)c1cccc(CC(=O)Nc2cccc(C(C)C(=O)O)c2)c1. The maximum Gasteiger partial charge on any atom is 0.310 e. The van der Waals surface area contributed by atoms with E-state index in [1.165, 1.54) is 12.1 Å². The van der Waals surface area contributed by atoms with Crippen molar-refractivity contribution in [3.63, 3.8) is 0 Å². The molecule has 138 valence electrons. The number of nitrogens with one attached hydrogen (secondary N) is 1. The molecule has 0 saturated heterocycles. The van der Waals surface area contributed by atoms with Crippen LogP contribution in [0, 0.1) is 0 Å². The van der Waals surface area contributed by atoms with Gasteiger partial charge >= 0.3 is 5.97 Å². The predicted octanol–water partition coefficient (Wildman–Crippen LogP) is 2.85. The fourth-order valence-corrected chi connectivity index (χ4v) is 3.38. The van der Waals surface area contributed by atoms with Gasteiger partial charge in [-0.1, -0.05) is 31.2 Å². The highest BCUT2D eigenvalue weighted by molar-refractivity contribution is 7.91. The Morgan fingerprint density at radius 1 is 1.12 bits per heavy atom. The smallest absolute Gasteiger partial charge is 0.310 e. The number of carboxylic acids is 1. The number of rotatable bonds is 7. The summed E-state index contributed by atoms with van der Waals surface area (Å²) < 4.78 is 23.9. The predicted molar refractivity (Wildman–Crippen MR) is 99.0 cm³/mol. The van der Waals surface area contributed by atoms with Crippen molar-refractivity contribution in [3.8, 4) is 0 Å². The lowest BCUT2D eigenvalue weighted by atomic mass is 10.0. The number of aliphatic carboxylic acids is 1. The van der Waals surface area contributed by atoms with Crippen LogP contribution in [0.4, 0.5) is 5.69 Å². The highest BCUT2D eigenvalue weighted by Gasteiger charge is 2.15. The summed E-state index contributed by atoms with van der Waals surface area (Å²) in [6.45, 7) is 3.14. The molecular formula is C19H21NO5S. The van der Waals surface area contributed by atoms with E-state index >= 15 is 0 Å². The summed E-state index contributed by atoms with van der Waals surface area (Å²) >= 11 is 0. The average molecular weight is 375 g/mol. The van der Waals surface area contributed by atoms with Gasteiger partial charge < -0.3 is 10.4 Å². The largest absolute Gasteiger partial charge is 0.481 e. The molecule has 1 amide bonds. The van der Waals surface area contributed by atoms with Gasteiger partial charge in [0, 0.05) is 5.69 Å². The normalized spacial score (nSPS) is 12.4. The number of hydrogen-bond acceptors (Lipinski definition) is 4. The van der Waals surface area contributed by atoms with Gasteiger partial charge in [-0.05, 0) is 42.3 Å². The van der Waals surface area contributed by atoms with Gasteiger partial charge in [-0.25, -0.2) is 8.42 Å². The van der Waals surface area contributed by atoms with Gasteiger partial charge in [-0.3, -0.25) is 9.59 Å². The van der Waals surface area contributed by atoms with E-state index in [1.54, 1.807) is 50.2 Å². The quantitative estimate of drug-likeness (QED) is 0.775. The molecule has 2 rings (SSSR count). The number of amides is 1. The van der Waals surface area contributed by atoms with Crippen LogP contribution in [-0.2, 0) is 25.8 Å². The van der Waals surface area contributed by atoms with Crippen molar-refractivity contribution in [2.75, 3.05) is 11.1 Å². The molecule has 0 aliphatic carbocycles. The number of carboxylic acid groups (broad SMARTS) is 1. The average Bonchev–Trinajstić information content (AvgIpc) is 2.61. The molecule has 0 radical (unpaired) electrons. The molecule has 2 aromatic carbocycles. The molecule has 1 unspecified atom stereocenters. The summed E-state index contributed by atoms with van der Waals surface area (Å²) in [6.07, 6.45) is 0.0196. The van der Waals surface area contributed by atoms with Gasteiger partial charge in [0.1, 0.15) is 0 Å². The maximum absolute atomic E-state index is 12.3. The number of carbonyl (C=O) groups excluding carboxylic acids is 1. The van der Waals surface area contributed by atoms with Crippen molar-refractivity contribution >= 4 is 27.4 Å². The molecular weight excluding hydrogens is 354 g/mol. The first-order valence-corrected chi connectivity index (χ1v) is 9.82. The van der Waals surface area contributed by atoms with Crippen molar-refractivity contribution < 1.29 is 23.1 Å². The molecule has 6 nitrogen and oxygen atoms in total. The Kier molecular flexibility index (Phi) is 6.15. The van der Waals surface area contributed by atoms with Crippen LogP contribution in [-0.4, -0.2) is 31.2 Å². The number of benzene rings is 2. The summed E-state index contributed by atoms with van der Waals surface area (Å²) in [4.78, 5) is 23.5. The van der Waals surface area contributed by atoms with Gasteiger partial charge in [0.25, 0.3) is 0 Å². The zero-order valence-electron chi connectivity index (χ0n) is 14.6. The first-order valence-electron chi connectivity index (χ1n) is 8.17. The van der Waals surface area contributed by atoms with E-state index in [1.807, 2.05) is 0 Å². The van der Waals surface area contributed by atoms with Crippen LogP contribution in [0.25, 0.3) is 0 Å². The zero-order chi connectivity index (χ0) is 19.3. The second-order valence-corrected chi connectivity index (χ2v) is 8.24. The number of sulfone groups is 1. The lowest BCUT2D eigenvalue weighted by Gasteiger charge is -2.10. The molecule has 2 aromatic rings. The minimum absolute atomic E-state index is 0.00277. The number of hydrogen-bond donors (Lipinski definition) is 2. The van der Waals surface area contributed by atoms with Crippen molar-refractivity contribution in [3.05, 3.63) is 59.7 Å². The van der Waals surface area contributed by atoms with E-state index in [9.17, 15) is 18.0 Å². The van der Waals surface area contributed by atoms with Crippen molar-refractivity contribution in [2.45, 2.75) is 31.1 Å². The Morgan fingerprint density at radius 3 is 2.46 bits per heavy atom. The number of anilines is 1. The summed E-state index contributed by atoms with van der Waals surface area (Å²) in [5.41, 5.74) is 1.68. The summed E-state index contributed by atoms with van der Waals surface area (Å²) in [5, 5.41) is 11.8. The van der Waals surface area contributed by atoms with Crippen molar-refractivity contribution in [2.24, 2.45) is 0 Å². The molecule has 1 atom stereocenters. The Bertz CT molecular complexity index is 921. The first-order chi connectivity index (χ1) is 12.2. The van der Waals surface area contributed by atoms with E-state index in [4.69, 9.17) is 5.11 Å². The fourth-order valence-electron chi connectivity index (χ4n) is 2.43. The second kappa shape index (κ2) is 8.14. The van der Waals surface area contributed by atoms with E-state index in [-0.39, 0.29) is 23.0 Å². The highest BCUT2D eigenvalue weighted by atomic mass is 32.2. The summed E-state index contributed by atoms with van der Waals surface area (Å²) in [5.74, 6) is -1.93. The molecule has 0 aromatic heterocycles. The molecule has 0 saturated carbocycles. The van der Waals surface area contributed by atoms with E-state index < -0.39 is 21.7 Å². The third-order valence-electron chi connectivity index (χ3n) is 4.04. The van der Waals surface area contributed by atoms with Gasteiger partial charge in [0.05, 0.1) is 23.0 Å². The molecule has 0 bridgehead atoms. The first kappa shape index (κ1) is 19.7. The topological polar surface area (TPSA) is 101 Å². The van der Waals surface area contributed by atoms with Crippen LogP contribution < -0.4 is 5.32 Å². The van der Waals surface area contributed by atoms with Crippen LogP contribution in [0.5, 0.6) is 0 Å². The third kappa shape index (κ3) is 4.92. The van der Waals surface area contributed by atoms with E-state index in [2.05, 4.69) is 5.32 Å². The Hall–Kier alpha value is -2.67. The summed E-state index contributed by atoms with van der Waals surface area (Å²) in [7, 11) is -3.33. The lowest BCUT2D eigenvalue weighted by molar-refractivity contribution is -0.138. The molecule has 0 aliphatic rings. The third-order valence-corrected chi connectivity index (χ3v) is 5.78. The maximum atomic E-state index is 12.3. The monoisotopic (exact) mass is 375 g/mol. The lowest BCUT2D eigenvalue weighted by Crippen LogP contribution is -2.15. The van der Waals surface area contributed by atoms with Gasteiger partial charge in [-0.15, -0.1) is 0 Å². The van der Waals surface area contributed by atoms with Crippen LogP contribution in [0.1, 0.15) is 30.9 Å². The van der Waals surface area contributed by atoms with Crippen LogP contribution in [0.3, 0.4) is 0 Å². The molecule has 7 heteroatoms. The molecule has 26 heavy (non-hydrogen) atoms. The minimum Gasteiger partial charge on any atom is -0.481 e. The van der Waals surface area contributed by atoms with Crippen molar-refractivity contribution in [1.29, 1.82) is 0 Å². The Morgan fingerprint density at radius 2 is 1.81 bits per heavy atom. The molecule has 2 N–H and O–H groups in total. The van der Waals surface area contributed by atoms with Crippen LogP contribution >= 0.6 is 0 Å². The van der Waals surface area contributed by atoms with E-state index in [0.717, 1.165) is 0 Å². The molecule has 0 aliphatic heterocycles. The van der Waals surface area contributed by atoms with Gasteiger partial charge in [-0.2, -0.15) is 0 Å². The van der Waals surface area contributed by atoms with E-state index in [0.29, 0.717) is 16.8 Å². The molecule has 0 fully saturated rings. The van der Waals surface area contributed by atoms with Crippen molar-refractivity contribution in [1.82, 2.24) is 0 Å². The molecule has 0 spiro atoms. The fraction of sp³-hybridized carbons (Fsp3) is 0.263. The Labute approximate surface area is 152 Å². The zero-order valence-corrected chi connectivity index (χ0v) is 15.4. The Balaban J connectivity index is 2.11. The van der Waals surface area contributed by atoms with Crippen LogP contribution in [0.15, 0.2) is 53.4 Å². The van der Waals surface area contributed by atoms with Crippen LogP contribution in [0.2, 0.25) is 0 Å². The second-order valence-electron chi connectivity index (χ2n) is 5.96. The standard InChI is InChI=1S/C19H21NO5S/c1-3-26(24,25)17-9-4-6-14(10-17)11-18(21)20-16-8-5-7-15(12-16)13(2)19(22)23/h4-10,12-13H,3,11H2,1-2H3,(H,20,21)(H,22,23). The van der Waals surface area contributed by atoms with Gasteiger partial charge in [0.2, 0.25) is 5.91 Å². The molecule has 0 heterocycles. The summed E-state index contributed by atoms with van der Waals surface area (Å²) in [6, 6.07) is 13.0. The minimum atomic E-state index is -3.33.